The molecule has 0 spiro atoms. The summed E-state index contributed by atoms with van der Waals surface area (Å²) in [7, 11) is 0. The minimum atomic E-state index is -0.402. The molecule has 0 amide bonds. The van der Waals surface area contributed by atoms with Crippen LogP contribution in [-0.2, 0) is 0 Å². The third-order valence-corrected chi connectivity index (χ3v) is 4.69. The maximum absolute atomic E-state index is 10.2. The first-order valence-corrected chi connectivity index (χ1v) is 7.99. The number of hydrogen-bond acceptors (Lipinski definition) is 2. The van der Waals surface area contributed by atoms with E-state index in [1.165, 1.54) is 31.2 Å². The van der Waals surface area contributed by atoms with Crippen LogP contribution in [0.25, 0.3) is 0 Å². The summed E-state index contributed by atoms with van der Waals surface area (Å²) in [6.07, 6.45) is 4.95. The number of aliphatic hydroxyl groups is 1. The molecule has 1 aromatic rings. The van der Waals surface area contributed by atoms with E-state index in [2.05, 4.69) is 50.4 Å². The molecule has 0 saturated heterocycles. The highest BCUT2D eigenvalue weighted by Gasteiger charge is 2.28. The van der Waals surface area contributed by atoms with Gasteiger partial charge in [-0.25, -0.2) is 0 Å². The lowest BCUT2D eigenvalue weighted by molar-refractivity contribution is 0.167. The second kappa shape index (κ2) is 6.73. The molecule has 20 heavy (non-hydrogen) atoms. The van der Waals surface area contributed by atoms with Crippen LogP contribution in [0.1, 0.15) is 69.6 Å². The zero-order valence-electron chi connectivity index (χ0n) is 13.2. The van der Waals surface area contributed by atoms with Crippen LogP contribution in [-0.4, -0.2) is 18.2 Å². The Bertz CT molecular complexity index is 404. The summed E-state index contributed by atoms with van der Waals surface area (Å²) in [6, 6.07) is 8.36. The molecule has 1 fully saturated rings. The molecule has 0 radical (unpaired) electrons. The van der Waals surface area contributed by atoms with Crippen LogP contribution in [0.3, 0.4) is 0 Å². The highest BCUT2D eigenvalue weighted by atomic mass is 16.3. The molecule has 0 aromatic heterocycles. The molecular formula is C18H29NO. The first kappa shape index (κ1) is 15.5. The molecule has 0 aliphatic heterocycles. The largest absolute Gasteiger partial charge is 0.387 e. The van der Waals surface area contributed by atoms with E-state index in [-0.39, 0.29) is 0 Å². The van der Waals surface area contributed by atoms with Crippen molar-refractivity contribution in [2.24, 2.45) is 5.41 Å². The van der Waals surface area contributed by atoms with Crippen LogP contribution in [0.4, 0.5) is 0 Å². The Labute approximate surface area is 123 Å². The van der Waals surface area contributed by atoms with Crippen LogP contribution >= 0.6 is 0 Å². The van der Waals surface area contributed by atoms with Gasteiger partial charge < -0.3 is 10.4 Å². The lowest BCUT2D eigenvalue weighted by Gasteiger charge is -2.24. The molecule has 1 aromatic carbocycles. The molecule has 1 atom stereocenters. The summed E-state index contributed by atoms with van der Waals surface area (Å²) < 4.78 is 0. The van der Waals surface area contributed by atoms with Crippen molar-refractivity contribution < 1.29 is 5.11 Å². The topological polar surface area (TPSA) is 32.3 Å². The molecule has 1 aliphatic rings. The van der Waals surface area contributed by atoms with Crippen LogP contribution < -0.4 is 5.32 Å². The number of aliphatic hydroxyl groups excluding tert-OH is 1. The van der Waals surface area contributed by atoms with Crippen LogP contribution in [0.2, 0.25) is 0 Å². The van der Waals surface area contributed by atoms with Gasteiger partial charge in [-0.05, 0) is 35.3 Å². The van der Waals surface area contributed by atoms with E-state index in [4.69, 9.17) is 0 Å². The van der Waals surface area contributed by atoms with Crippen molar-refractivity contribution in [3.63, 3.8) is 0 Å². The van der Waals surface area contributed by atoms with Crippen molar-refractivity contribution in [2.45, 2.75) is 58.5 Å². The number of benzene rings is 1. The average molecular weight is 275 g/mol. The summed E-state index contributed by atoms with van der Waals surface area (Å²) in [5, 5.41) is 13.7. The molecule has 112 valence electrons. The second-order valence-corrected chi connectivity index (χ2v) is 6.99. The third-order valence-electron chi connectivity index (χ3n) is 4.69. The van der Waals surface area contributed by atoms with Gasteiger partial charge in [-0.2, -0.15) is 0 Å². The van der Waals surface area contributed by atoms with Gasteiger partial charge in [0.2, 0.25) is 0 Å². The summed E-state index contributed by atoms with van der Waals surface area (Å²) in [5.74, 6) is 0.543. The summed E-state index contributed by atoms with van der Waals surface area (Å²) >= 11 is 0. The van der Waals surface area contributed by atoms with E-state index in [9.17, 15) is 5.11 Å². The van der Waals surface area contributed by atoms with E-state index >= 15 is 0 Å². The highest BCUT2D eigenvalue weighted by Crippen LogP contribution is 2.36. The van der Waals surface area contributed by atoms with Gasteiger partial charge in [-0.3, -0.25) is 0 Å². The predicted molar refractivity (Wildman–Crippen MR) is 84.9 cm³/mol. The van der Waals surface area contributed by atoms with Gasteiger partial charge in [-0.15, -0.1) is 0 Å². The van der Waals surface area contributed by atoms with E-state index < -0.39 is 6.10 Å². The average Bonchev–Trinajstić information content (AvgIpc) is 2.85. The zero-order valence-corrected chi connectivity index (χ0v) is 13.2. The smallest absolute Gasteiger partial charge is 0.0914 e. The zero-order chi connectivity index (χ0) is 14.6. The molecule has 1 saturated carbocycles. The van der Waals surface area contributed by atoms with Gasteiger partial charge in [0.25, 0.3) is 0 Å². The molecule has 1 unspecified atom stereocenters. The van der Waals surface area contributed by atoms with Crippen molar-refractivity contribution in [1.29, 1.82) is 0 Å². The molecule has 0 heterocycles. The number of rotatable bonds is 6. The Morgan fingerprint density at radius 1 is 1.10 bits per heavy atom. The molecule has 1 aliphatic carbocycles. The minimum Gasteiger partial charge on any atom is -0.387 e. The Morgan fingerprint density at radius 3 is 2.20 bits per heavy atom. The molecular weight excluding hydrogens is 246 g/mol. The standard InChI is InChI=1S/C18H29NO/c1-14(2)15-6-8-16(9-7-15)17(20)12-19-13-18(3)10-4-5-11-18/h6-9,14,17,19-20H,4-5,10-13H2,1-3H3. The Morgan fingerprint density at radius 2 is 1.65 bits per heavy atom. The van der Waals surface area contributed by atoms with Crippen LogP contribution in [0, 0.1) is 5.41 Å². The van der Waals surface area contributed by atoms with Crippen molar-refractivity contribution >= 4 is 0 Å². The minimum absolute atomic E-state index is 0.402. The Hall–Kier alpha value is -0.860. The van der Waals surface area contributed by atoms with Gasteiger partial charge in [0.15, 0.2) is 0 Å². The monoisotopic (exact) mass is 275 g/mol. The Balaban J connectivity index is 1.80. The molecule has 2 N–H and O–H groups in total. The van der Waals surface area contributed by atoms with E-state index in [0.717, 1.165) is 12.1 Å². The summed E-state index contributed by atoms with van der Waals surface area (Å²) in [4.78, 5) is 0. The quantitative estimate of drug-likeness (QED) is 0.822. The number of nitrogens with one attached hydrogen (secondary N) is 1. The maximum Gasteiger partial charge on any atom is 0.0914 e. The maximum atomic E-state index is 10.2. The summed E-state index contributed by atoms with van der Waals surface area (Å²) in [5.41, 5.74) is 2.78. The van der Waals surface area contributed by atoms with Gasteiger partial charge >= 0.3 is 0 Å². The number of hydrogen-bond donors (Lipinski definition) is 2. The first-order valence-electron chi connectivity index (χ1n) is 7.99. The fourth-order valence-electron chi connectivity index (χ4n) is 3.14. The van der Waals surface area contributed by atoms with Crippen LogP contribution in [0.15, 0.2) is 24.3 Å². The van der Waals surface area contributed by atoms with E-state index in [1.54, 1.807) is 0 Å². The second-order valence-electron chi connectivity index (χ2n) is 6.99. The third kappa shape index (κ3) is 4.07. The van der Waals surface area contributed by atoms with Crippen molar-refractivity contribution in [2.75, 3.05) is 13.1 Å². The van der Waals surface area contributed by atoms with Crippen molar-refractivity contribution in [1.82, 2.24) is 5.32 Å². The van der Waals surface area contributed by atoms with Crippen molar-refractivity contribution in [3.8, 4) is 0 Å². The lowest BCUT2D eigenvalue weighted by atomic mass is 9.89. The molecule has 2 rings (SSSR count). The van der Waals surface area contributed by atoms with Gasteiger partial charge in [0.1, 0.15) is 0 Å². The van der Waals surface area contributed by atoms with Gasteiger partial charge in [-0.1, -0.05) is 57.9 Å². The fraction of sp³-hybridized carbons (Fsp3) is 0.667. The van der Waals surface area contributed by atoms with Gasteiger partial charge in [0.05, 0.1) is 6.10 Å². The van der Waals surface area contributed by atoms with Crippen LogP contribution in [0.5, 0.6) is 0 Å². The van der Waals surface area contributed by atoms with Gasteiger partial charge in [0, 0.05) is 13.1 Å². The SMILES string of the molecule is CC(C)c1ccc(C(O)CNCC2(C)CCCC2)cc1. The normalized spacial score (nSPS) is 19.4. The predicted octanol–water partition coefficient (Wildman–Crippen LogP) is 4.01. The lowest BCUT2D eigenvalue weighted by Crippen LogP contribution is -2.32. The molecule has 0 bridgehead atoms. The highest BCUT2D eigenvalue weighted by molar-refractivity contribution is 5.26. The molecule has 2 nitrogen and oxygen atoms in total. The Kier molecular flexibility index (Phi) is 5.22. The molecule has 2 heteroatoms. The van der Waals surface area contributed by atoms with Crippen molar-refractivity contribution in [3.05, 3.63) is 35.4 Å². The fourth-order valence-corrected chi connectivity index (χ4v) is 3.14. The van der Waals surface area contributed by atoms with E-state index in [0.29, 0.717) is 17.9 Å². The first-order chi connectivity index (χ1) is 9.50. The van der Waals surface area contributed by atoms with E-state index in [1.807, 2.05) is 0 Å². The summed E-state index contributed by atoms with van der Waals surface area (Å²) in [6.45, 7) is 8.41.